The van der Waals surface area contributed by atoms with Crippen molar-refractivity contribution in [2.75, 3.05) is 37.2 Å². The number of aldehydes is 1. The number of sulfonamides is 1. The van der Waals surface area contributed by atoms with Gasteiger partial charge in [-0.3, -0.25) is 14.0 Å². The number of likely N-dealkylation sites (tertiary alicyclic amines) is 1. The molecule has 3 heterocycles. The smallest absolute Gasteiger partial charge is 0.255 e. The largest absolute Gasteiger partial charge is 0.437 e. The molecule has 1 atom stereocenters. The molecule has 3 aromatic rings. The molecule has 1 amide bonds. The van der Waals surface area contributed by atoms with Gasteiger partial charge in [0, 0.05) is 19.2 Å². The van der Waals surface area contributed by atoms with Crippen LogP contribution in [-0.4, -0.2) is 69.5 Å². The van der Waals surface area contributed by atoms with Gasteiger partial charge in [-0.1, -0.05) is 6.92 Å². The SMILES string of the molecule is CCc1cc2c(C(=O)NC)c(-c3ccc(F)cc3)oc2nc1N(CCCCN1CCCC1C=O)S(C)(=O)=O. The Labute approximate surface area is 222 Å². The van der Waals surface area contributed by atoms with Gasteiger partial charge in [0.05, 0.1) is 23.2 Å². The van der Waals surface area contributed by atoms with Crippen molar-refractivity contribution in [1.82, 2.24) is 15.2 Å². The van der Waals surface area contributed by atoms with Crippen molar-refractivity contribution in [3.05, 3.63) is 47.3 Å². The van der Waals surface area contributed by atoms with Gasteiger partial charge in [-0.05, 0) is 81.1 Å². The summed E-state index contributed by atoms with van der Waals surface area (Å²) in [6.07, 6.45) is 5.77. The second-order valence-corrected chi connectivity index (χ2v) is 11.4. The third-order valence-electron chi connectivity index (χ3n) is 6.94. The van der Waals surface area contributed by atoms with Crippen LogP contribution < -0.4 is 9.62 Å². The number of aryl methyl sites for hydroxylation is 1. The van der Waals surface area contributed by atoms with E-state index in [0.717, 1.165) is 44.9 Å². The molecule has 1 aliphatic heterocycles. The van der Waals surface area contributed by atoms with E-state index in [1.165, 1.54) is 35.6 Å². The lowest BCUT2D eigenvalue weighted by Crippen LogP contribution is -2.34. The number of halogens is 1. The Morgan fingerprint density at radius 3 is 2.66 bits per heavy atom. The molecule has 1 aromatic carbocycles. The lowest BCUT2D eigenvalue weighted by molar-refractivity contribution is -0.111. The van der Waals surface area contributed by atoms with Gasteiger partial charge in [0.1, 0.15) is 23.7 Å². The maximum atomic E-state index is 13.5. The number of fused-ring (bicyclic) bond motifs is 1. The third kappa shape index (κ3) is 5.73. The van der Waals surface area contributed by atoms with Gasteiger partial charge in [-0.25, -0.2) is 12.8 Å². The summed E-state index contributed by atoms with van der Waals surface area (Å²) in [5, 5.41) is 3.06. The Bertz CT molecular complexity index is 1420. The van der Waals surface area contributed by atoms with Crippen molar-refractivity contribution in [3.8, 4) is 11.3 Å². The van der Waals surface area contributed by atoms with Crippen LogP contribution in [0.1, 0.15) is 48.5 Å². The van der Waals surface area contributed by atoms with Gasteiger partial charge in [0.15, 0.2) is 0 Å². The van der Waals surface area contributed by atoms with Crippen LogP contribution in [0.4, 0.5) is 10.2 Å². The first-order chi connectivity index (χ1) is 18.2. The number of nitrogens with one attached hydrogen (secondary N) is 1. The highest BCUT2D eigenvalue weighted by atomic mass is 32.2. The molecule has 0 radical (unpaired) electrons. The first kappa shape index (κ1) is 27.7. The monoisotopic (exact) mass is 544 g/mol. The quantitative estimate of drug-likeness (QED) is 0.289. The molecule has 2 aromatic heterocycles. The number of aromatic nitrogens is 1. The molecule has 9 nitrogen and oxygen atoms in total. The molecule has 204 valence electrons. The van der Waals surface area contributed by atoms with Gasteiger partial charge in [-0.15, -0.1) is 0 Å². The van der Waals surface area contributed by atoms with Crippen molar-refractivity contribution in [3.63, 3.8) is 0 Å². The first-order valence-electron chi connectivity index (χ1n) is 12.8. The van der Waals surface area contributed by atoms with Crippen LogP contribution in [0.25, 0.3) is 22.4 Å². The Morgan fingerprint density at radius 1 is 1.29 bits per heavy atom. The van der Waals surface area contributed by atoms with E-state index in [1.54, 1.807) is 6.07 Å². The standard InChI is InChI=1S/C27H33FN4O5S/c1-4-18-16-22-23(26(34)29-2)24(19-9-11-20(28)12-10-19)37-27(22)30-25(18)32(38(3,35)36)15-6-5-13-31-14-7-8-21(31)17-33/h9-12,16-17,21H,4-8,13-15H2,1-3H3,(H,29,34). The van der Waals surface area contributed by atoms with Gasteiger partial charge in [-0.2, -0.15) is 4.98 Å². The van der Waals surface area contributed by atoms with Crippen molar-refractivity contribution >= 4 is 39.1 Å². The highest BCUT2D eigenvalue weighted by Crippen LogP contribution is 2.36. The number of anilines is 1. The zero-order valence-corrected chi connectivity index (χ0v) is 22.7. The van der Waals surface area contributed by atoms with E-state index in [9.17, 15) is 22.4 Å². The molecular weight excluding hydrogens is 511 g/mol. The lowest BCUT2D eigenvalue weighted by Gasteiger charge is -2.24. The summed E-state index contributed by atoms with van der Waals surface area (Å²) in [4.78, 5) is 30.9. The van der Waals surface area contributed by atoms with Gasteiger partial charge in [0.25, 0.3) is 5.91 Å². The zero-order chi connectivity index (χ0) is 27.4. The van der Waals surface area contributed by atoms with E-state index in [0.29, 0.717) is 29.4 Å². The zero-order valence-electron chi connectivity index (χ0n) is 21.9. The second kappa shape index (κ2) is 11.6. The summed E-state index contributed by atoms with van der Waals surface area (Å²) in [5.74, 6) is -0.324. The number of carbonyl (C=O) groups is 2. The number of amides is 1. The van der Waals surface area contributed by atoms with E-state index >= 15 is 0 Å². The number of unbranched alkanes of at least 4 members (excludes halogenated alkanes) is 1. The average molecular weight is 545 g/mol. The fraction of sp³-hybridized carbons (Fsp3) is 0.444. The highest BCUT2D eigenvalue weighted by Gasteiger charge is 2.28. The minimum Gasteiger partial charge on any atom is -0.437 e. The number of hydrogen-bond acceptors (Lipinski definition) is 7. The molecule has 38 heavy (non-hydrogen) atoms. The molecule has 4 rings (SSSR count). The fourth-order valence-corrected chi connectivity index (χ4v) is 5.90. The Morgan fingerprint density at radius 2 is 2.03 bits per heavy atom. The minimum absolute atomic E-state index is 0.0550. The number of hydrogen-bond donors (Lipinski definition) is 1. The average Bonchev–Trinajstić information content (AvgIpc) is 3.51. The van der Waals surface area contributed by atoms with E-state index in [4.69, 9.17) is 4.42 Å². The van der Waals surface area contributed by atoms with Crippen LogP contribution in [0.15, 0.2) is 34.7 Å². The molecule has 1 fully saturated rings. The summed E-state index contributed by atoms with van der Waals surface area (Å²) < 4.78 is 46.6. The van der Waals surface area contributed by atoms with Crippen LogP contribution in [0.5, 0.6) is 0 Å². The van der Waals surface area contributed by atoms with Crippen LogP contribution in [-0.2, 0) is 21.2 Å². The highest BCUT2D eigenvalue weighted by molar-refractivity contribution is 7.92. The summed E-state index contributed by atoms with van der Waals surface area (Å²) in [5.41, 5.74) is 1.52. The summed E-state index contributed by atoms with van der Waals surface area (Å²) in [6, 6.07) is 7.27. The molecule has 1 unspecified atom stereocenters. The number of nitrogens with zero attached hydrogens (tertiary/aromatic N) is 3. The summed E-state index contributed by atoms with van der Waals surface area (Å²) in [6.45, 7) is 3.71. The number of pyridine rings is 1. The Kier molecular flexibility index (Phi) is 8.47. The Balaban J connectivity index is 1.70. The molecule has 0 bridgehead atoms. The van der Waals surface area contributed by atoms with Crippen molar-refractivity contribution in [2.45, 2.75) is 45.1 Å². The van der Waals surface area contributed by atoms with Crippen LogP contribution in [0.3, 0.4) is 0 Å². The predicted molar refractivity (Wildman–Crippen MR) is 144 cm³/mol. The van der Waals surface area contributed by atoms with E-state index in [1.807, 2.05) is 6.92 Å². The van der Waals surface area contributed by atoms with E-state index in [2.05, 4.69) is 15.2 Å². The van der Waals surface area contributed by atoms with Gasteiger partial charge >= 0.3 is 0 Å². The third-order valence-corrected chi connectivity index (χ3v) is 8.10. The molecule has 0 aliphatic carbocycles. The maximum absolute atomic E-state index is 13.5. The topological polar surface area (TPSA) is 113 Å². The van der Waals surface area contributed by atoms with Gasteiger partial charge in [0.2, 0.25) is 15.7 Å². The molecule has 1 N–H and O–H groups in total. The molecule has 1 saturated heterocycles. The number of benzene rings is 1. The van der Waals surface area contributed by atoms with Crippen molar-refractivity contribution < 1.29 is 26.8 Å². The summed E-state index contributed by atoms with van der Waals surface area (Å²) in [7, 11) is -2.17. The van der Waals surface area contributed by atoms with Crippen LogP contribution in [0.2, 0.25) is 0 Å². The molecule has 0 saturated carbocycles. The molecule has 0 spiro atoms. The van der Waals surface area contributed by atoms with Gasteiger partial charge < -0.3 is 14.5 Å². The number of furan rings is 1. The Hall–Kier alpha value is -3.31. The molecule has 11 heteroatoms. The van der Waals surface area contributed by atoms with E-state index < -0.39 is 21.7 Å². The van der Waals surface area contributed by atoms with Crippen molar-refractivity contribution in [2.24, 2.45) is 0 Å². The normalized spacial score (nSPS) is 16.2. The van der Waals surface area contributed by atoms with E-state index in [-0.39, 0.29) is 35.4 Å². The molecular formula is C27H33FN4O5S. The fourth-order valence-electron chi connectivity index (χ4n) is 4.97. The van der Waals surface area contributed by atoms with Crippen LogP contribution in [0, 0.1) is 5.82 Å². The molecule has 1 aliphatic rings. The number of carbonyl (C=O) groups excluding carboxylic acids is 2. The maximum Gasteiger partial charge on any atom is 0.255 e. The lowest BCUT2D eigenvalue weighted by atomic mass is 10.0. The second-order valence-electron chi connectivity index (χ2n) is 9.49. The predicted octanol–water partition coefficient (Wildman–Crippen LogP) is 3.77. The number of rotatable bonds is 11. The van der Waals surface area contributed by atoms with Crippen LogP contribution >= 0.6 is 0 Å². The summed E-state index contributed by atoms with van der Waals surface area (Å²) >= 11 is 0. The minimum atomic E-state index is -3.68. The van der Waals surface area contributed by atoms with Crippen molar-refractivity contribution in [1.29, 1.82) is 0 Å². The first-order valence-corrected chi connectivity index (χ1v) is 14.6.